The van der Waals surface area contributed by atoms with E-state index in [1.807, 2.05) is 37.3 Å². The van der Waals surface area contributed by atoms with Crippen LogP contribution < -0.4 is 5.32 Å². The molecule has 6 heteroatoms. The molecule has 1 aromatic carbocycles. The van der Waals surface area contributed by atoms with Crippen molar-refractivity contribution >= 4 is 5.91 Å². The highest BCUT2D eigenvalue weighted by Gasteiger charge is 2.16. The molecule has 1 aromatic heterocycles. The van der Waals surface area contributed by atoms with Crippen molar-refractivity contribution in [2.75, 3.05) is 26.9 Å². The minimum absolute atomic E-state index is 0.0445. The lowest BCUT2D eigenvalue weighted by Gasteiger charge is -2.14. The van der Waals surface area contributed by atoms with E-state index >= 15 is 0 Å². The molecule has 0 fully saturated rings. The largest absolute Gasteiger partial charge is 0.382 e. The van der Waals surface area contributed by atoms with Crippen LogP contribution >= 0.6 is 0 Å². The number of rotatable bonds is 10. The number of aromatic amines is 1. The van der Waals surface area contributed by atoms with Gasteiger partial charge in [0.1, 0.15) is 5.82 Å². The Morgan fingerprint density at radius 2 is 2.04 bits per heavy atom. The molecule has 2 aromatic rings. The Hall–Kier alpha value is -2.18. The highest BCUT2D eigenvalue weighted by molar-refractivity contribution is 5.76. The highest BCUT2D eigenvalue weighted by Crippen LogP contribution is 2.20. The van der Waals surface area contributed by atoms with E-state index in [1.54, 1.807) is 13.3 Å². The predicted molar refractivity (Wildman–Crippen MR) is 92.5 cm³/mol. The maximum atomic E-state index is 12.0. The molecular weight excluding hydrogens is 306 g/mol. The van der Waals surface area contributed by atoms with Crippen molar-refractivity contribution in [1.82, 2.24) is 15.3 Å². The van der Waals surface area contributed by atoms with E-state index in [-0.39, 0.29) is 11.9 Å². The lowest BCUT2D eigenvalue weighted by atomic mass is 10.2. The summed E-state index contributed by atoms with van der Waals surface area (Å²) < 4.78 is 10.2. The first-order chi connectivity index (χ1) is 11.7. The molecule has 0 saturated heterocycles. The summed E-state index contributed by atoms with van der Waals surface area (Å²) in [6, 6.07) is 9.86. The third-order valence-corrected chi connectivity index (χ3v) is 3.66. The molecule has 0 spiro atoms. The smallest absolute Gasteiger partial charge is 0.222 e. The number of ether oxygens (including phenoxy) is 2. The zero-order valence-electron chi connectivity index (χ0n) is 14.2. The van der Waals surface area contributed by atoms with Crippen molar-refractivity contribution in [1.29, 1.82) is 0 Å². The number of aromatic nitrogens is 2. The molecule has 0 aliphatic heterocycles. The van der Waals surface area contributed by atoms with Crippen molar-refractivity contribution in [3.8, 4) is 11.3 Å². The number of nitrogens with one attached hydrogen (secondary N) is 2. The first-order valence-electron chi connectivity index (χ1n) is 8.21. The van der Waals surface area contributed by atoms with Gasteiger partial charge in [-0.25, -0.2) is 4.98 Å². The fourth-order valence-electron chi connectivity index (χ4n) is 2.32. The topological polar surface area (TPSA) is 76.2 Å². The summed E-state index contributed by atoms with van der Waals surface area (Å²) in [7, 11) is 1.62. The first-order valence-corrected chi connectivity index (χ1v) is 8.21. The summed E-state index contributed by atoms with van der Waals surface area (Å²) in [6.07, 6.45) is 2.89. The van der Waals surface area contributed by atoms with Gasteiger partial charge in [0.25, 0.3) is 0 Å². The lowest BCUT2D eigenvalue weighted by molar-refractivity contribution is -0.123. The molecule has 0 bridgehead atoms. The van der Waals surface area contributed by atoms with Crippen LogP contribution in [-0.2, 0) is 14.3 Å². The fraction of sp³-hybridized carbons (Fsp3) is 0.444. The zero-order chi connectivity index (χ0) is 17.2. The molecule has 6 nitrogen and oxygen atoms in total. The highest BCUT2D eigenvalue weighted by atomic mass is 16.5. The van der Waals surface area contributed by atoms with Gasteiger partial charge in [-0.05, 0) is 12.0 Å². The zero-order valence-corrected chi connectivity index (χ0v) is 14.2. The van der Waals surface area contributed by atoms with E-state index in [0.717, 1.165) is 23.5 Å². The molecule has 0 saturated carbocycles. The Morgan fingerprint density at radius 1 is 1.25 bits per heavy atom. The molecular formula is C18H25N3O3. The van der Waals surface area contributed by atoms with E-state index in [9.17, 15) is 4.79 Å². The molecule has 0 aliphatic rings. The van der Waals surface area contributed by atoms with Crippen LogP contribution in [0.1, 0.15) is 31.6 Å². The summed E-state index contributed by atoms with van der Waals surface area (Å²) in [5, 5.41) is 2.99. The van der Waals surface area contributed by atoms with Gasteiger partial charge in [-0.2, -0.15) is 0 Å². The average molecular weight is 331 g/mol. The van der Waals surface area contributed by atoms with E-state index in [2.05, 4.69) is 15.3 Å². The Balaban J connectivity index is 1.87. The van der Waals surface area contributed by atoms with Crippen molar-refractivity contribution < 1.29 is 14.3 Å². The van der Waals surface area contributed by atoms with Gasteiger partial charge < -0.3 is 19.8 Å². The Bertz CT molecular complexity index is 613. The molecule has 2 N–H and O–H groups in total. The number of hydrogen-bond donors (Lipinski definition) is 2. The van der Waals surface area contributed by atoms with Gasteiger partial charge >= 0.3 is 0 Å². The summed E-state index contributed by atoms with van der Waals surface area (Å²) in [4.78, 5) is 19.7. The van der Waals surface area contributed by atoms with Crippen LogP contribution in [0.3, 0.4) is 0 Å². The summed E-state index contributed by atoms with van der Waals surface area (Å²) in [5.74, 6) is 0.724. The normalized spacial score (nSPS) is 12.1. The van der Waals surface area contributed by atoms with Gasteiger partial charge in [-0.1, -0.05) is 37.3 Å². The summed E-state index contributed by atoms with van der Waals surface area (Å²) in [6.45, 7) is 3.44. The number of hydrogen-bond acceptors (Lipinski definition) is 4. The molecule has 2 rings (SSSR count). The molecule has 1 atom stereocenters. The molecule has 0 radical (unpaired) electrons. The van der Waals surface area contributed by atoms with Crippen LogP contribution in [0.25, 0.3) is 11.3 Å². The minimum Gasteiger partial charge on any atom is -0.382 e. The van der Waals surface area contributed by atoms with E-state index < -0.39 is 0 Å². The maximum absolute atomic E-state index is 12.0. The van der Waals surface area contributed by atoms with Gasteiger partial charge in [-0.3, -0.25) is 4.79 Å². The second-order valence-corrected chi connectivity index (χ2v) is 5.43. The number of carbonyl (C=O) groups is 1. The second kappa shape index (κ2) is 9.85. The molecule has 0 aliphatic carbocycles. The van der Waals surface area contributed by atoms with Crippen molar-refractivity contribution in [3.05, 3.63) is 42.4 Å². The van der Waals surface area contributed by atoms with Crippen LogP contribution in [-0.4, -0.2) is 42.8 Å². The Labute approximate surface area is 142 Å². The Kier molecular flexibility index (Phi) is 7.45. The number of nitrogens with zero attached hydrogens (tertiary/aromatic N) is 1. The van der Waals surface area contributed by atoms with Crippen molar-refractivity contribution in [2.24, 2.45) is 0 Å². The average Bonchev–Trinajstić information content (AvgIpc) is 3.10. The van der Waals surface area contributed by atoms with Gasteiger partial charge in [0.2, 0.25) is 5.91 Å². The molecule has 24 heavy (non-hydrogen) atoms. The number of carbonyl (C=O) groups excluding carboxylic acids is 1. The molecule has 1 heterocycles. The van der Waals surface area contributed by atoms with E-state index in [0.29, 0.717) is 26.2 Å². The van der Waals surface area contributed by atoms with Gasteiger partial charge in [-0.15, -0.1) is 0 Å². The lowest BCUT2D eigenvalue weighted by Crippen LogP contribution is -2.29. The minimum atomic E-state index is -0.131. The number of H-pyrrole nitrogens is 1. The van der Waals surface area contributed by atoms with Crippen molar-refractivity contribution in [3.63, 3.8) is 0 Å². The number of methoxy groups -OCH3 is 1. The van der Waals surface area contributed by atoms with Crippen molar-refractivity contribution in [2.45, 2.75) is 25.8 Å². The third kappa shape index (κ3) is 5.47. The van der Waals surface area contributed by atoms with Gasteiger partial charge in [0.05, 0.1) is 37.8 Å². The Morgan fingerprint density at radius 3 is 2.75 bits per heavy atom. The van der Waals surface area contributed by atoms with Crippen LogP contribution in [0.15, 0.2) is 36.5 Å². The van der Waals surface area contributed by atoms with Crippen LogP contribution in [0.5, 0.6) is 0 Å². The quantitative estimate of drug-likeness (QED) is 0.656. The number of imidazole rings is 1. The standard InChI is InChI=1S/C18H25N3O3/c1-3-15(20-17(22)9-10-24-12-11-23-2)18-19-13-16(21-18)14-7-5-4-6-8-14/h4-8,13,15H,3,9-12H2,1-2H3,(H,19,21)(H,20,22)/t15-/m0/s1. The van der Waals surface area contributed by atoms with Gasteiger partial charge in [0, 0.05) is 13.5 Å². The predicted octanol–water partition coefficient (Wildman–Crippen LogP) is 2.70. The summed E-state index contributed by atoms with van der Waals surface area (Å²) >= 11 is 0. The second-order valence-electron chi connectivity index (χ2n) is 5.43. The van der Waals surface area contributed by atoms with Crippen LogP contribution in [0, 0.1) is 0 Å². The van der Waals surface area contributed by atoms with Crippen LogP contribution in [0.4, 0.5) is 0 Å². The maximum Gasteiger partial charge on any atom is 0.222 e. The first kappa shape index (κ1) is 18.2. The number of amides is 1. The third-order valence-electron chi connectivity index (χ3n) is 3.66. The molecule has 130 valence electrons. The van der Waals surface area contributed by atoms with Crippen LogP contribution in [0.2, 0.25) is 0 Å². The monoisotopic (exact) mass is 331 g/mol. The summed E-state index contributed by atoms with van der Waals surface area (Å²) in [5.41, 5.74) is 2.02. The molecule has 1 amide bonds. The number of benzene rings is 1. The van der Waals surface area contributed by atoms with E-state index in [4.69, 9.17) is 9.47 Å². The molecule has 0 unspecified atom stereocenters. The van der Waals surface area contributed by atoms with Gasteiger partial charge in [0.15, 0.2) is 0 Å². The fourth-order valence-corrected chi connectivity index (χ4v) is 2.32. The van der Waals surface area contributed by atoms with E-state index in [1.165, 1.54) is 0 Å². The SMILES string of the molecule is CC[C@H](NC(=O)CCOCCOC)c1ncc(-c2ccccc2)[nH]1.